The van der Waals surface area contributed by atoms with Crippen molar-refractivity contribution in [3.8, 4) is 17.1 Å². The molecule has 1 amide bonds. The number of amides is 1. The summed E-state index contributed by atoms with van der Waals surface area (Å²) < 4.78 is 10.8. The van der Waals surface area contributed by atoms with Gasteiger partial charge in [0.2, 0.25) is 17.6 Å². The van der Waals surface area contributed by atoms with Crippen LogP contribution in [0.4, 0.5) is 0 Å². The van der Waals surface area contributed by atoms with Crippen LogP contribution in [0.3, 0.4) is 0 Å². The van der Waals surface area contributed by atoms with E-state index >= 15 is 0 Å². The van der Waals surface area contributed by atoms with E-state index in [2.05, 4.69) is 25.3 Å². The van der Waals surface area contributed by atoms with Gasteiger partial charge in [-0.1, -0.05) is 47.6 Å². The average molecular weight is 422 g/mol. The van der Waals surface area contributed by atoms with E-state index in [0.29, 0.717) is 37.1 Å². The topological polar surface area (TPSA) is 83.7 Å². The summed E-state index contributed by atoms with van der Waals surface area (Å²) in [5.41, 5.74) is 1.92. The molecule has 0 spiro atoms. The number of carbonyl (C=O) groups excluding carboxylic acids is 1. The zero-order chi connectivity index (χ0) is 21.5. The lowest BCUT2D eigenvalue weighted by molar-refractivity contribution is -0.122. The Hall–Kier alpha value is -3.23. The van der Waals surface area contributed by atoms with E-state index in [4.69, 9.17) is 9.26 Å². The van der Waals surface area contributed by atoms with Gasteiger partial charge in [0.15, 0.2) is 0 Å². The average Bonchev–Trinajstić information content (AvgIpc) is 3.28. The number of methoxy groups -OCH3 is 1. The second-order valence-electron chi connectivity index (χ2n) is 7.53. The predicted molar refractivity (Wildman–Crippen MR) is 116 cm³/mol. The predicted octanol–water partition coefficient (Wildman–Crippen LogP) is 2.18. The molecule has 4 rings (SSSR count). The minimum absolute atomic E-state index is 0.0515. The first-order valence-corrected chi connectivity index (χ1v) is 10.4. The Kier molecular flexibility index (Phi) is 6.91. The lowest BCUT2D eigenvalue weighted by Crippen LogP contribution is -2.49. The number of nitrogens with one attached hydrogen (secondary N) is 1. The van der Waals surface area contributed by atoms with Crippen molar-refractivity contribution >= 4 is 5.91 Å². The van der Waals surface area contributed by atoms with Crippen LogP contribution in [-0.2, 0) is 17.9 Å². The third kappa shape index (κ3) is 5.68. The zero-order valence-electron chi connectivity index (χ0n) is 17.7. The van der Waals surface area contributed by atoms with Crippen LogP contribution in [0.15, 0.2) is 59.1 Å². The van der Waals surface area contributed by atoms with Crippen LogP contribution in [0.5, 0.6) is 5.75 Å². The molecule has 1 fully saturated rings. The van der Waals surface area contributed by atoms with Gasteiger partial charge in [-0.05, 0) is 17.7 Å². The van der Waals surface area contributed by atoms with Crippen LogP contribution in [0.25, 0.3) is 11.4 Å². The maximum Gasteiger partial charge on any atom is 0.241 e. The first-order valence-electron chi connectivity index (χ1n) is 10.4. The summed E-state index contributed by atoms with van der Waals surface area (Å²) in [4.78, 5) is 21.2. The zero-order valence-corrected chi connectivity index (χ0v) is 17.7. The van der Waals surface area contributed by atoms with Crippen LogP contribution >= 0.6 is 0 Å². The van der Waals surface area contributed by atoms with E-state index in [9.17, 15) is 4.79 Å². The standard InChI is InChI=1S/C23H27N5O3/c1-30-20-10-6-5-9-19(20)23-25-22(31-26-23)17-28-13-11-27(12-14-28)16-21(29)24-15-18-7-3-2-4-8-18/h2-10H,11-17H2,1H3,(H,24,29). The Balaban J connectivity index is 1.22. The molecule has 1 N–H and O–H groups in total. The number of benzene rings is 2. The fourth-order valence-corrected chi connectivity index (χ4v) is 3.61. The molecule has 0 atom stereocenters. The maximum absolute atomic E-state index is 12.2. The van der Waals surface area contributed by atoms with Gasteiger partial charge in [0.25, 0.3) is 0 Å². The largest absolute Gasteiger partial charge is 0.496 e. The Morgan fingerprint density at radius 3 is 2.52 bits per heavy atom. The number of ether oxygens (including phenoxy) is 1. The molecular weight excluding hydrogens is 394 g/mol. The number of piperazine rings is 1. The molecule has 162 valence electrons. The molecule has 0 unspecified atom stereocenters. The second-order valence-corrected chi connectivity index (χ2v) is 7.53. The third-order valence-electron chi connectivity index (χ3n) is 5.34. The van der Waals surface area contributed by atoms with E-state index in [-0.39, 0.29) is 5.91 Å². The SMILES string of the molecule is COc1ccccc1-c1noc(CN2CCN(CC(=O)NCc3ccccc3)CC2)n1. The fraction of sp³-hybridized carbons (Fsp3) is 0.348. The lowest BCUT2D eigenvalue weighted by atomic mass is 10.2. The molecule has 1 aliphatic rings. The van der Waals surface area contributed by atoms with E-state index in [1.54, 1.807) is 7.11 Å². The molecule has 0 radical (unpaired) electrons. The summed E-state index contributed by atoms with van der Waals surface area (Å²) in [5.74, 6) is 1.88. The highest BCUT2D eigenvalue weighted by molar-refractivity contribution is 5.78. The highest BCUT2D eigenvalue weighted by Gasteiger charge is 2.21. The molecule has 1 saturated heterocycles. The monoisotopic (exact) mass is 421 g/mol. The molecule has 0 saturated carbocycles. The molecule has 8 heteroatoms. The molecule has 1 aromatic heterocycles. The van der Waals surface area contributed by atoms with Crippen molar-refractivity contribution in [1.29, 1.82) is 0 Å². The van der Waals surface area contributed by atoms with Crippen molar-refractivity contribution in [1.82, 2.24) is 25.3 Å². The van der Waals surface area contributed by atoms with Gasteiger partial charge in [-0.3, -0.25) is 14.6 Å². The summed E-state index contributed by atoms with van der Waals surface area (Å²) >= 11 is 0. The van der Waals surface area contributed by atoms with E-state index in [1.165, 1.54) is 0 Å². The third-order valence-corrected chi connectivity index (χ3v) is 5.34. The van der Waals surface area contributed by atoms with Gasteiger partial charge in [-0.25, -0.2) is 0 Å². The number of carbonyl (C=O) groups is 1. The van der Waals surface area contributed by atoms with Crippen molar-refractivity contribution < 1.29 is 14.1 Å². The molecule has 2 aromatic carbocycles. The van der Waals surface area contributed by atoms with Gasteiger partial charge < -0.3 is 14.6 Å². The van der Waals surface area contributed by atoms with Crippen LogP contribution in [0.2, 0.25) is 0 Å². The molecule has 2 heterocycles. The summed E-state index contributed by atoms with van der Waals surface area (Å²) in [5, 5.41) is 7.09. The van der Waals surface area contributed by atoms with E-state index < -0.39 is 0 Å². The Bertz CT molecular complexity index is 984. The van der Waals surface area contributed by atoms with Gasteiger partial charge in [0.05, 0.1) is 25.8 Å². The smallest absolute Gasteiger partial charge is 0.241 e. The Labute approximate surface area is 181 Å². The van der Waals surface area contributed by atoms with Crippen molar-refractivity contribution in [2.24, 2.45) is 0 Å². The van der Waals surface area contributed by atoms with Crippen LogP contribution in [0, 0.1) is 0 Å². The minimum Gasteiger partial charge on any atom is -0.496 e. The second kappa shape index (κ2) is 10.2. The van der Waals surface area contributed by atoms with Gasteiger partial charge in [-0.15, -0.1) is 0 Å². The molecule has 0 bridgehead atoms. The quantitative estimate of drug-likeness (QED) is 0.597. The van der Waals surface area contributed by atoms with Gasteiger partial charge in [-0.2, -0.15) is 4.98 Å². The number of hydrogen-bond acceptors (Lipinski definition) is 7. The summed E-state index contributed by atoms with van der Waals surface area (Å²) in [6, 6.07) is 17.6. The molecular formula is C23H27N5O3. The normalized spacial score (nSPS) is 15.0. The molecule has 1 aliphatic heterocycles. The number of rotatable bonds is 8. The molecule has 0 aliphatic carbocycles. The number of nitrogens with zero attached hydrogens (tertiary/aromatic N) is 4. The van der Waals surface area contributed by atoms with Gasteiger partial charge >= 0.3 is 0 Å². The minimum atomic E-state index is 0.0515. The first kappa shape index (κ1) is 21.0. The number of para-hydroxylation sites is 1. The maximum atomic E-state index is 12.2. The van der Waals surface area contributed by atoms with Gasteiger partial charge in [0.1, 0.15) is 5.75 Å². The van der Waals surface area contributed by atoms with Crippen molar-refractivity contribution in [2.45, 2.75) is 13.1 Å². The number of hydrogen-bond donors (Lipinski definition) is 1. The summed E-state index contributed by atoms with van der Waals surface area (Å²) in [6.45, 7) is 4.91. The highest BCUT2D eigenvalue weighted by atomic mass is 16.5. The Morgan fingerprint density at radius 1 is 1.03 bits per heavy atom. The first-order chi connectivity index (χ1) is 15.2. The van der Waals surface area contributed by atoms with Gasteiger partial charge in [0, 0.05) is 32.7 Å². The molecule has 31 heavy (non-hydrogen) atoms. The van der Waals surface area contributed by atoms with E-state index in [0.717, 1.165) is 37.3 Å². The van der Waals surface area contributed by atoms with Crippen LogP contribution in [0.1, 0.15) is 11.5 Å². The van der Waals surface area contributed by atoms with Crippen LogP contribution < -0.4 is 10.1 Å². The van der Waals surface area contributed by atoms with E-state index in [1.807, 2.05) is 54.6 Å². The van der Waals surface area contributed by atoms with Crippen molar-refractivity contribution in [3.05, 3.63) is 66.1 Å². The summed E-state index contributed by atoms with van der Waals surface area (Å²) in [7, 11) is 1.63. The van der Waals surface area contributed by atoms with Crippen LogP contribution in [-0.4, -0.2) is 65.7 Å². The number of aromatic nitrogens is 2. The van der Waals surface area contributed by atoms with Crippen molar-refractivity contribution in [2.75, 3.05) is 39.8 Å². The lowest BCUT2D eigenvalue weighted by Gasteiger charge is -2.33. The molecule has 3 aromatic rings. The summed E-state index contributed by atoms with van der Waals surface area (Å²) in [6.07, 6.45) is 0. The van der Waals surface area contributed by atoms with Crippen molar-refractivity contribution in [3.63, 3.8) is 0 Å². The highest BCUT2D eigenvalue weighted by Crippen LogP contribution is 2.27. The Morgan fingerprint density at radius 2 is 1.74 bits per heavy atom. The fourth-order valence-electron chi connectivity index (χ4n) is 3.61. The molecule has 8 nitrogen and oxygen atoms in total.